The van der Waals surface area contributed by atoms with Crippen molar-refractivity contribution >= 4 is 49.4 Å². The van der Waals surface area contributed by atoms with Crippen LogP contribution in [0.2, 0.25) is 0 Å². The van der Waals surface area contributed by atoms with E-state index in [0.29, 0.717) is 0 Å². The average molecular weight is 463 g/mol. The van der Waals surface area contributed by atoms with E-state index >= 15 is 0 Å². The van der Waals surface area contributed by atoms with Gasteiger partial charge in [-0.2, -0.15) is 0 Å². The molecule has 6 aromatic rings. The van der Waals surface area contributed by atoms with E-state index in [2.05, 4.69) is 82.7 Å². The molecule has 158 valence electrons. The quantitative estimate of drug-likeness (QED) is 0.261. The molecule has 0 bridgehead atoms. The molecule has 0 fully saturated rings. The van der Waals surface area contributed by atoms with Crippen molar-refractivity contribution in [2.45, 2.75) is 0 Å². The zero-order chi connectivity index (χ0) is 22.0. The molecule has 3 aromatic carbocycles. The molecular weight excluding hydrogens is 444 g/mol. The molecule has 33 heavy (non-hydrogen) atoms. The number of fused-ring (bicyclic) bond motifs is 1. The highest BCUT2D eigenvalue weighted by Gasteiger charge is 2.15. The van der Waals surface area contributed by atoms with Crippen LogP contribution in [-0.4, -0.2) is 15.0 Å². The molecule has 0 unspecified atom stereocenters. The summed E-state index contributed by atoms with van der Waals surface area (Å²) in [5.74, 6) is 0. The lowest BCUT2D eigenvalue weighted by atomic mass is 10.1. The highest BCUT2D eigenvalue weighted by atomic mass is 32.1. The Labute approximate surface area is 199 Å². The summed E-state index contributed by atoms with van der Waals surface area (Å²) < 4.78 is 0. The van der Waals surface area contributed by atoms with Gasteiger partial charge in [0.25, 0.3) is 0 Å². The van der Waals surface area contributed by atoms with Gasteiger partial charge in [0.15, 0.2) is 9.66 Å². The minimum atomic E-state index is 0.973. The molecule has 0 aliphatic heterocycles. The first-order valence-corrected chi connectivity index (χ1v) is 12.2. The van der Waals surface area contributed by atoms with E-state index < -0.39 is 0 Å². The first kappa shape index (κ1) is 19.8. The Morgan fingerprint density at radius 3 is 1.45 bits per heavy atom. The maximum Gasteiger partial charge on any atom is 0.155 e. The van der Waals surface area contributed by atoms with Gasteiger partial charge in [0.1, 0.15) is 10.0 Å². The fourth-order valence-corrected chi connectivity index (χ4v) is 5.79. The van der Waals surface area contributed by atoms with Crippen LogP contribution >= 0.6 is 22.7 Å². The van der Waals surface area contributed by atoms with Gasteiger partial charge in [0.2, 0.25) is 0 Å². The molecule has 0 saturated carbocycles. The van der Waals surface area contributed by atoms with Crippen LogP contribution in [0.5, 0.6) is 0 Å². The highest BCUT2D eigenvalue weighted by Crippen LogP contribution is 2.38. The van der Waals surface area contributed by atoms with Crippen LogP contribution in [0.1, 0.15) is 0 Å². The summed E-state index contributed by atoms with van der Waals surface area (Å²) in [6, 6.07) is 33.4. The summed E-state index contributed by atoms with van der Waals surface area (Å²) in [7, 11) is 0. The molecule has 6 heteroatoms. The summed E-state index contributed by atoms with van der Waals surface area (Å²) >= 11 is 3.25. The van der Waals surface area contributed by atoms with Gasteiger partial charge < -0.3 is 4.90 Å². The van der Waals surface area contributed by atoms with Gasteiger partial charge in [0, 0.05) is 40.6 Å². The summed E-state index contributed by atoms with van der Waals surface area (Å²) in [5.41, 5.74) is 5.53. The van der Waals surface area contributed by atoms with Gasteiger partial charge in [-0.05, 0) is 60.7 Å². The van der Waals surface area contributed by atoms with Gasteiger partial charge >= 0.3 is 0 Å². The van der Waals surface area contributed by atoms with Crippen molar-refractivity contribution in [3.05, 3.63) is 109 Å². The Hall–Kier alpha value is -3.87. The summed E-state index contributed by atoms with van der Waals surface area (Å²) in [5, 5.41) is 1.97. The molecule has 3 heterocycles. The van der Waals surface area contributed by atoms with Gasteiger partial charge in [-0.3, -0.25) is 4.98 Å². The van der Waals surface area contributed by atoms with Crippen molar-refractivity contribution in [1.29, 1.82) is 0 Å². The molecule has 0 aliphatic carbocycles. The number of nitrogens with zero attached hydrogens (tertiary/aromatic N) is 4. The SMILES string of the molecule is c1ccc(N(c2ccccc2)c2ccc(-c3nc4sc(-c5ccncc5)nc4s3)cc2)cc1. The number of benzene rings is 3. The number of pyridine rings is 1. The van der Waals surface area contributed by atoms with E-state index in [9.17, 15) is 0 Å². The number of hydrogen-bond acceptors (Lipinski definition) is 6. The van der Waals surface area contributed by atoms with E-state index in [1.54, 1.807) is 35.1 Å². The molecule has 0 aliphatic rings. The lowest BCUT2D eigenvalue weighted by Gasteiger charge is -2.25. The average Bonchev–Trinajstić information content (AvgIpc) is 3.47. The van der Waals surface area contributed by atoms with Gasteiger partial charge in [-0.25, -0.2) is 9.97 Å². The molecule has 0 atom stereocenters. The number of para-hydroxylation sites is 2. The molecular formula is C27H18N4S2. The zero-order valence-corrected chi connectivity index (χ0v) is 19.1. The van der Waals surface area contributed by atoms with Gasteiger partial charge in [-0.15, -0.1) is 0 Å². The molecule has 0 spiro atoms. The Kier molecular flexibility index (Phi) is 5.14. The van der Waals surface area contributed by atoms with Crippen LogP contribution < -0.4 is 4.90 Å². The second-order valence-corrected chi connectivity index (χ2v) is 9.39. The number of thiazole rings is 2. The summed E-state index contributed by atoms with van der Waals surface area (Å²) in [4.78, 5) is 17.9. The van der Waals surface area contributed by atoms with Gasteiger partial charge in [-0.1, -0.05) is 59.1 Å². The van der Waals surface area contributed by atoms with Crippen LogP contribution in [0.3, 0.4) is 0 Å². The van der Waals surface area contributed by atoms with E-state index in [0.717, 1.165) is 47.9 Å². The first-order chi connectivity index (χ1) is 16.3. The largest absolute Gasteiger partial charge is 0.311 e. The van der Waals surface area contributed by atoms with Crippen molar-refractivity contribution < 1.29 is 0 Å². The van der Waals surface area contributed by atoms with E-state index in [1.165, 1.54) is 0 Å². The van der Waals surface area contributed by atoms with Crippen molar-refractivity contribution in [1.82, 2.24) is 15.0 Å². The number of hydrogen-bond donors (Lipinski definition) is 0. The second kappa shape index (κ2) is 8.58. The van der Waals surface area contributed by atoms with Crippen LogP contribution in [0.15, 0.2) is 109 Å². The number of rotatable bonds is 5. The van der Waals surface area contributed by atoms with Crippen LogP contribution in [0.4, 0.5) is 17.1 Å². The normalized spacial score (nSPS) is 11.0. The molecule has 6 rings (SSSR count). The number of anilines is 3. The van der Waals surface area contributed by atoms with Crippen LogP contribution in [0.25, 0.3) is 30.8 Å². The maximum atomic E-state index is 4.87. The smallest absolute Gasteiger partial charge is 0.155 e. The molecule has 3 aromatic heterocycles. The predicted octanol–water partition coefficient (Wildman–Crippen LogP) is 7.95. The predicted molar refractivity (Wildman–Crippen MR) is 139 cm³/mol. The first-order valence-electron chi connectivity index (χ1n) is 10.5. The fraction of sp³-hybridized carbons (Fsp3) is 0. The topological polar surface area (TPSA) is 41.9 Å². The molecule has 0 amide bonds. The number of aromatic nitrogens is 3. The minimum absolute atomic E-state index is 0.973. The maximum absolute atomic E-state index is 4.87. The van der Waals surface area contributed by atoms with Crippen molar-refractivity contribution in [2.75, 3.05) is 4.90 Å². The highest BCUT2D eigenvalue weighted by molar-refractivity contribution is 7.29. The Bertz CT molecular complexity index is 1420. The summed E-state index contributed by atoms with van der Waals surface area (Å²) in [6.07, 6.45) is 3.58. The van der Waals surface area contributed by atoms with E-state index in [1.807, 2.05) is 24.3 Å². The molecule has 0 radical (unpaired) electrons. The third-order valence-electron chi connectivity index (χ3n) is 5.30. The fourth-order valence-electron chi connectivity index (χ4n) is 3.74. The Morgan fingerprint density at radius 1 is 0.485 bits per heavy atom. The third kappa shape index (κ3) is 3.91. The Morgan fingerprint density at radius 2 is 0.939 bits per heavy atom. The minimum Gasteiger partial charge on any atom is -0.311 e. The van der Waals surface area contributed by atoms with Crippen LogP contribution in [0, 0.1) is 0 Å². The monoisotopic (exact) mass is 462 g/mol. The molecule has 0 saturated heterocycles. The van der Waals surface area contributed by atoms with Crippen molar-refractivity contribution in [3.8, 4) is 21.1 Å². The second-order valence-electron chi connectivity index (χ2n) is 7.44. The third-order valence-corrected chi connectivity index (χ3v) is 7.43. The zero-order valence-electron chi connectivity index (χ0n) is 17.5. The molecule has 0 N–H and O–H groups in total. The van der Waals surface area contributed by atoms with E-state index in [4.69, 9.17) is 9.97 Å². The standard InChI is InChI=1S/C27H18N4S2/c1-3-7-21(8-4-1)31(22-9-5-2-6-10-22)23-13-11-19(12-14-23)24-29-26-27(32-24)30-25(33-26)20-15-17-28-18-16-20/h1-18H. The van der Waals surface area contributed by atoms with Crippen molar-refractivity contribution in [2.24, 2.45) is 0 Å². The molecule has 4 nitrogen and oxygen atoms in total. The van der Waals surface area contributed by atoms with Crippen LogP contribution in [-0.2, 0) is 0 Å². The lowest BCUT2D eigenvalue weighted by Crippen LogP contribution is -2.09. The van der Waals surface area contributed by atoms with Gasteiger partial charge in [0.05, 0.1) is 0 Å². The van der Waals surface area contributed by atoms with E-state index in [-0.39, 0.29) is 0 Å². The van der Waals surface area contributed by atoms with Crippen molar-refractivity contribution in [3.63, 3.8) is 0 Å². The summed E-state index contributed by atoms with van der Waals surface area (Å²) in [6.45, 7) is 0. The lowest BCUT2D eigenvalue weighted by molar-refractivity contribution is 1.28. The Balaban J connectivity index is 1.33.